The Morgan fingerprint density at radius 1 is 1.13 bits per heavy atom. The Morgan fingerprint density at radius 3 is 2.50 bits per heavy atom. The molecule has 160 valence electrons. The molecule has 0 radical (unpaired) electrons. The van der Waals surface area contributed by atoms with Crippen LogP contribution < -0.4 is 5.43 Å². The van der Waals surface area contributed by atoms with Crippen LogP contribution >= 0.6 is 35.0 Å². The van der Waals surface area contributed by atoms with Crippen molar-refractivity contribution < 1.29 is 4.39 Å². The van der Waals surface area contributed by atoms with Crippen molar-refractivity contribution in [1.29, 1.82) is 0 Å². The number of aliphatic imine (C=N–C) groups is 1. The molecule has 1 N–H and O–H groups in total. The van der Waals surface area contributed by atoms with Gasteiger partial charge >= 0.3 is 0 Å². The first kappa shape index (κ1) is 23.1. The number of nitrogens with one attached hydrogen (secondary N) is 1. The lowest BCUT2D eigenvalue weighted by Crippen LogP contribution is -2.18. The van der Waals surface area contributed by atoms with Gasteiger partial charge in [-0.1, -0.05) is 57.0 Å². The maximum absolute atomic E-state index is 14.9. The number of hydrogen-bond acceptors (Lipinski definition) is 4. The van der Waals surface area contributed by atoms with Crippen molar-refractivity contribution in [2.75, 3.05) is 0 Å². The Kier molecular flexibility index (Phi) is 7.48. The van der Waals surface area contributed by atoms with Crippen molar-refractivity contribution in [2.24, 2.45) is 10.1 Å². The van der Waals surface area contributed by atoms with Crippen LogP contribution in [0, 0.1) is 5.82 Å². The zero-order chi connectivity index (χ0) is 21.9. The third-order valence-corrected chi connectivity index (χ3v) is 7.11. The molecule has 0 unspecified atom stereocenters. The van der Waals surface area contributed by atoms with Gasteiger partial charge in [-0.15, -0.1) is 0 Å². The number of nitrogens with zero attached hydrogens (tertiary/aromatic N) is 2. The molecule has 2 aromatic carbocycles. The largest absolute Gasteiger partial charge is 0.256 e. The van der Waals surface area contributed by atoms with Crippen LogP contribution in [0.2, 0.25) is 10.0 Å². The first-order chi connectivity index (χ1) is 14.2. The van der Waals surface area contributed by atoms with Crippen LogP contribution in [-0.2, 0) is 5.41 Å². The van der Waals surface area contributed by atoms with Gasteiger partial charge in [-0.3, -0.25) is 5.43 Å². The van der Waals surface area contributed by atoms with E-state index in [-0.39, 0.29) is 11.2 Å². The molecule has 0 spiro atoms. The Morgan fingerprint density at radius 2 is 1.83 bits per heavy atom. The van der Waals surface area contributed by atoms with Crippen LogP contribution in [0.3, 0.4) is 0 Å². The van der Waals surface area contributed by atoms with Gasteiger partial charge in [-0.05, 0) is 77.7 Å². The minimum atomic E-state index is -0.257. The highest BCUT2D eigenvalue weighted by molar-refractivity contribution is 8.13. The predicted octanol–water partition coefficient (Wildman–Crippen LogP) is 8.07. The fourth-order valence-electron chi connectivity index (χ4n) is 3.55. The topological polar surface area (TPSA) is 36.8 Å². The Balaban J connectivity index is 1.99. The van der Waals surface area contributed by atoms with Gasteiger partial charge in [0.1, 0.15) is 5.82 Å². The SMILES string of the molecule is CCC(CC)c1ccc(SC2=Nc3cc(Cl)c(Cl)cc3C(C)(C)CC=NN2)c(F)c1. The van der Waals surface area contributed by atoms with Crippen molar-refractivity contribution in [1.82, 2.24) is 5.43 Å². The van der Waals surface area contributed by atoms with E-state index in [1.807, 2.05) is 18.2 Å². The van der Waals surface area contributed by atoms with Gasteiger partial charge in [0.15, 0.2) is 5.17 Å². The summed E-state index contributed by atoms with van der Waals surface area (Å²) in [6.45, 7) is 8.45. The second-order valence-corrected chi connectivity index (χ2v) is 9.86. The van der Waals surface area contributed by atoms with E-state index in [2.05, 4.69) is 38.2 Å². The summed E-state index contributed by atoms with van der Waals surface area (Å²) in [7, 11) is 0. The highest BCUT2D eigenvalue weighted by Crippen LogP contribution is 2.40. The monoisotopic (exact) mass is 465 g/mol. The lowest BCUT2D eigenvalue weighted by Gasteiger charge is -2.25. The maximum atomic E-state index is 14.9. The molecule has 0 fully saturated rings. The van der Waals surface area contributed by atoms with E-state index in [0.717, 1.165) is 24.0 Å². The van der Waals surface area contributed by atoms with Gasteiger partial charge in [0.05, 0.1) is 20.6 Å². The number of hydrazone groups is 1. The molecule has 0 aliphatic carbocycles. The van der Waals surface area contributed by atoms with E-state index in [4.69, 9.17) is 28.2 Å². The molecule has 2 aromatic rings. The average Bonchev–Trinajstić information content (AvgIpc) is 2.75. The van der Waals surface area contributed by atoms with Gasteiger partial charge < -0.3 is 0 Å². The summed E-state index contributed by atoms with van der Waals surface area (Å²) in [4.78, 5) is 5.22. The molecule has 0 atom stereocenters. The molecule has 0 bridgehead atoms. The number of halogens is 3. The van der Waals surface area contributed by atoms with E-state index in [1.165, 1.54) is 11.8 Å². The summed E-state index contributed by atoms with van der Waals surface area (Å²) in [6, 6.07) is 9.05. The molecular formula is C23H26Cl2FN3S. The lowest BCUT2D eigenvalue weighted by molar-refractivity contribution is 0.555. The normalized spacial score (nSPS) is 15.7. The molecule has 0 amide bonds. The quantitative estimate of drug-likeness (QED) is 0.495. The van der Waals surface area contributed by atoms with Crippen molar-refractivity contribution in [3.8, 4) is 0 Å². The molecule has 0 saturated carbocycles. The number of amidine groups is 1. The van der Waals surface area contributed by atoms with Crippen molar-refractivity contribution >= 4 is 52.0 Å². The smallest absolute Gasteiger partial charge is 0.187 e. The number of benzene rings is 2. The summed E-state index contributed by atoms with van der Waals surface area (Å²) in [5, 5.41) is 5.67. The fourth-order valence-corrected chi connectivity index (χ4v) is 4.62. The predicted molar refractivity (Wildman–Crippen MR) is 128 cm³/mol. The van der Waals surface area contributed by atoms with Gasteiger partial charge in [-0.2, -0.15) is 5.10 Å². The molecule has 7 heteroatoms. The molecule has 3 nitrogen and oxygen atoms in total. The van der Waals surface area contributed by atoms with Gasteiger partial charge in [-0.25, -0.2) is 9.38 Å². The van der Waals surface area contributed by atoms with E-state index in [9.17, 15) is 4.39 Å². The van der Waals surface area contributed by atoms with E-state index < -0.39 is 0 Å². The van der Waals surface area contributed by atoms with Crippen molar-refractivity contribution in [3.63, 3.8) is 0 Å². The second-order valence-electron chi connectivity index (χ2n) is 8.02. The van der Waals surface area contributed by atoms with Crippen LogP contribution in [0.5, 0.6) is 0 Å². The molecule has 1 aliphatic heterocycles. The second kappa shape index (κ2) is 9.71. The van der Waals surface area contributed by atoms with Crippen LogP contribution in [0.4, 0.5) is 10.1 Å². The molecule has 1 aliphatic rings. The van der Waals surface area contributed by atoms with Gasteiger partial charge in [0, 0.05) is 6.21 Å². The highest BCUT2D eigenvalue weighted by atomic mass is 35.5. The minimum absolute atomic E-state index is 0.236. The molecule has 30 heavy (non-hydrogen) atoms. The van der Waals surface area contributed by atoms with Gasteiger partial charge in [0.2, 0.25) is 0 Å². The minimum Gasteiger partial charge on any atom is -0.256 e. The number of fused-ring (bicyclic) bond motifs is 1. The first-order valence-corrected chi connectivity index (χ1v) is 11.7. The summed E-state index contributed by atoms with van der Waals surface area (Å²) in [5.74, 6) is 0.108. The Labute approximate surface area is 192 Å². The summed E-state index contributed by atoms with van der Waals surface area (Å²) >= 11 is 13.7. The molecular weight excluding hydrogens is 440 g/mol. The lowest BCUT2D eigenvalue weighted by atomic mass is 9.81. The van der Waals surface area contributed by atoms with Crippen LogP contribution in [-0.4, -0.2) is 11.4 Å². The van der Waals surface area contributed by atoms with E-state index in [1.54, 1.807) is 18.3 Å². The maximum Gasteiger partial charge on any atom is 0.187 e. The van der Waals surface area contributed by atoms with Gasteiger partial charge in [0.25, 0.3) is 0 Å². The molecule has 1 heterocycles. The Hall–Kier alpha value is -1.56. The standard InChI is InChI=1S/C23H26Cl2FN3S/c1-5-14(6-2)15-7-8-21(19(26)11-15)30-22-28-20-13-18(25)17(24)12-16(20)23(3,4)9-10-27-29-22/h7-8,10-14H,5-6,9H2,1-4H3,(H,28,29). The zero-order valence-corrected chi connectivity index (χ0v) is 19.9. The summed E-state index contributed by atoms with van der Waals surface area (Å²) < 4.78 is 14.9. The molecule has 0 aromatic heterocycles. The Bertz CT molecular complexity index is 985. The highest BCUT2D eigenvalue weighted by Gasteiger charge is 2.25. The van der Waals surface area contributed by atoms with Crippen LogP contribution in [0.15, 0.2) is 45.3 Å². The van der Waals surface area contributed by atoms with Crippen molar-refractivity contribution in [2.45, 2.75) is 63.2 Å². The van der Waals surface area contributed by atoms with Crippen LogP contribution in [0.25, 0.3) is 0 Å². The first-order valence-electron chi connectivity index (χ1n) is 10.1. The molecule has 3 rings (SSSR count). The molecule has 0 saturated heterocycles. The zero-order valence-electron chi connectivity index (χ0n) is 17.6. The number of hydrogen-bond donors (Lipinski definition) is 1. The third kappa shape index (κ3) is 5.19. The van der Waals surface area contributed by atoms with E-state index >= 15 is 0 Å². The fraction of sp³-hybridized carbons (Fsp3) is 0.391. The average molecular weight is 466 g/mol. The summed E-state index contributed by atoms with van der Waals surface area (Å²) in [5.41, 5.74) is 5.41. The van der Waals surface area contributed by atoms with Crippen molar-refractivity contribution in [3.05, 3.63) is 57.3 Å². The number of thioether (sulfide) groups is 1. The van der Waals surface area contributed by atoms with Crippen LogP contribution in [0.1, 0.15) is 64.0 Å². The summed E-state index contributed by atoms with van der Waals surface area (Å²) in [6.07, 6.45) is 4.47. The van der Waals surface area contributed by atoms with E-state index in [0.29, 0.717) is 38.1 Å². The third-order valence-electron chi connectivity index (χ3n) is 5.46. The number of rotatable bonds is 4.